The molecule has 4 unspecified atom stereocenters. The summed E-state index contributed by atoms with van der Waals surface area (Å²) in [7, 11) is 0. The van der Waals surface area contributed by atoms with Crippen molar-refractivity contribution in [2.24, 2.45) is 11.8 Å². The van der Waals surface area contributed by atoms with E-state index in [1.54, 1.807) is 17.7 Å². The van der Waals surface area contributed by atoms with Crippen molar-refractivity contribution in [2.75, 3.05) is 11.9 Å². The number of anilines is 1. The predicted molar refractivity (Wildman–Crippen MR) is 88.3 cm³/mol. The highest BCUT2D eigenvalue weighted by Gasteiger charge is 2.62. The van der Waals surface area contributed by atoms with Crippen molar-refractivity contribution in [3.8, 4) is 0 Å². The molecule has 0 radical (unpaired) electrons. The second-order valence-corrected chi connectivity index (χ2v) is 8.31. The van der Waals surface area contributed by atoms with Crippen molar-refractivity contribution in [3.63, 3.8) is 0 Å². The van der Waals surface area contributed by atoms with Crippen molar-refractivity contribution in [1.82, 2.24) is 9.97 Å². The maximum Gasteiger partial charge on any atom is 0.138 e. The molecule has 0 amide bonds. The minimum atomic E-state index is 0.201. The zero-order valence-electron chi connectivity index (χ0n) is 12.8. The van der Waals surface area contributed by atoms with Crippen molar-refractivity contribution in [3.05, 3.63) is 17.3 Å². The highest BCUT2D eigenvalue weighted by Crippen LogP contribution is 2.59. The molecule has 0 bridgehead atoms. The normalized spacial score (nSPS) is 36.7. The van der Waals surface area contributed by atoms with E-state index in [4.69, 9.17) is 4.74 Å². The van der Waals surface area contributed by atoms with E-state index in [-0.39, 0.29) is 5.60 Å². The van der Waals surface area contributed by atoms with Gasteiger partial charge in [0.2, 0.25) is 0 Å². The van der Waals surface area contributed by atoms with Crippen molar-refractivity contribution < 1.29 is 4.74 Å². The van der Waals surface area contributed by atoms with Gasteiger partial charge in [0, 0.05) is 23.4 Å². The third-order valence-electron chi connectivity index (χ3n) is 6.04. The third kappa shape index (κ3) is 1.72. The molecule has 2 aliphatic carbocycles. The molecule has 2 aromatic rings. The van der Waals surface area contributed by atoms with Crippen LogP contribution < -0.4 is 5.32 Å². The van der Waals surface area contributed by atoms with E-state index >= 15 is 0 Å². The van der Waals surface area contributed by atoms with Gasteiger partial charge in [-0.1, -0.05) is 0 Å². The summed E-state index contributed by atoms with van der Waals surface area (Å²) in [5, 5.41) is 4.93. The number of fused-ring (bicyclic) bond motifs is 1. The molecule has 5 heteroatoms. The maximum atomic E-state index is 6.23. The van der Waals surface area contributed by atoms with Gasteiger partial charge in [-0.05, 0) is 51.0 Å². The summed E-state index contributed by atoms with van der Waals surface area (Å²) in [5.74, 6) is 2.49. The predicted octanol–water partition coefficient (Wildman–Crippen LogP) is 3.76. The van der Waals surface area contributed by atoms with Gasteiger partial charge in [0.05, 0.1) is 11.0 Å². The smallest absolute Gasteiger partial charge is 0.138 e. The van der Waals surface area contributed by atoms with E-state index in [0.29, 0.717) is 12.0 Å². The lowest BCUT2D eigenvalue weighted by atomic mass is 9.53. The molecular formula is C17H21N3OS. The second-order valence-electron chi connectivity index (χ2n) is 7.07. The minimum absolute atomic E-state index is 0.201. The molecule has 2 aromatic heterocycles. The van der Waals surface area contributed by atoms with Crippen LogP contribution in [0.1, 0.15) is 37.0 Å². The van der Waals surface area contributed by atoms with E-state index in [1.807, 2.05) is 0 Å². The fourth-order valence-electron chi connectivity index (χ4n) is 5.03. The molecule has 2 saturated carbocycles. The fraction of sp³-hybridized carbons (Fsp3) is 0.647. The Bertz CT molecular complexity index is 730. The Morgan fingerprint density at radius 2 is 2.32 bits per heavy atom. The first-order valence-electron chi connectivity index (χ1n) is 8.38. The third-order valence-corrected chi connectivity index (χ3v) is 7.00. The molecular weight excluding hydrogens is 294 g/mol. The molecule has 0 aromatic carbocycles. The molecule has 4 nitrogen and oxygen atoms in total. The number of aryl methyl sites for hydroxylation is 1. The quantitative estimate of drug-likeness (QED) is 0.916. The van der Waals surface area contributed by atoms with Crippen molar-refractivity contribution in [2.45, 2.75) is 50.7 Å². The second kappa shape index (κ2) is 4.65. The zero-order chi connectivity index (χ0) is 14.7. The minimum Gasteiger partial charge on any atom is -0.374 e. The highest BCUT2D eigenvalue weighted by molar-refractivity contribution is 7.18. The van der Waals surface area contributed by atoms with Crippen LogP contribution in [0.2, 0.25) is 0 Å². The van der Waals surface area contributed by atoms with Gasteiger partial charge in [-0.15, -0.1) is 11.3 Å². The number of thiophene rings is 1. The highest BCUT2D eigenvalue weighted by atomic mass is 32.1. The zero-order valence-corrected chi connectivity index (χ0v) is 13.7. The Balaban J connectivity index is 1.45. The van der Waals surface area contributed by atoms with Gasteiger partial charge >= 0.3 is 0 Å². The van der Waals surface area contributed by atoms with Crippen molar-refractivity contribution in [1.29, 1.82) is 0 Å². The van der Waals surface area contributed by atoms with Gasteiger partial charge in [-0.25, -0.2) is 9.97 Å². The monoisotopic (exact) mass is 315 g/mol. The molecule has 1 saturated heterocycles. The van der Waals surface area contributed by atoms with Gasteiger partial charge < -0.3 is 10.1 Å². The topological polar surface area (TPSA) is 47.0 Å². The molecule has 1 spiro atoms. The van der Waals surface area contributed by atoms with Gasteiger partial charge in [0.15, 0.2) is 0 Å². The Hall–Kier alpha value is -1.20. The molecule has 1 aliphatic heterocycles. The largest absolute Gasteiger partial charge is 0.374 e. The number of ether oxygens (including phenoxy) is 1. The van der Waals surface area contributed by atoms with Crippen LogP contribution in [0.25, 0.3) is 10.2 Å². The molecule has 3 fully saturated rings. The summed E-state index contributed by atoms with van der Waals surface area (Å²) in [6.07, 6.45) is 8.05. The standard InChI is InChI=1S/C17H21N3OS/c1-10-7-12-15(18-9-19-16(12)22-10)20-14-3-2-5-17-11(4-6-21-17)8-13(14)17/h7,9,11,13-14H,2-6,8H2,1H3,(H,18,19,20). The van der Waals surface area contributed by atoms with Crippen LogP contribution in [0.15, 0.2) is 12.4 Å². The van der Waals surface area contributed by atoms with E-state index in [1.165, 1.54) is 42.4 Å². The van der Waals surface area contributed by atoms with Crippen LogP contribution >= 0.6 is 11.3 Å². The van der Waals surface area contributed by atoms with Gasteiger partial charge in [0.25, 0.3) is 0 Å². The molecule has 5 rings (SSSR count). The number of nitrogens with one attached hydrogen (secondary N) is 1. The summed E-state index contributed by atoms with van der Waals surface area (Å²) < 4.78 is 6.23. The Labute approximate surface area is 134 Å². The lowest BCUT2D eigenvalue weighted by Crippen LogP contribution is -2.61. The Morgan fingerprint density at radius 1 is 1.36 bits per heavy atom. The van der Waals surface area contributed by atoms with E-state index < -0.39 is 0 Å². The lowest BCUT2D eigenvalue weighted by Gasteiger charge is -2.57. The molecule has 22 heavy (non-hydrogen) atoms. The van der Waals surface area contributed by atoms with E-state index in [0.717, 1.165) is 23.2 Å². The number of hydrogen-bond acceptors (Lipinski definition) is 5. The maximum absolute atomic E-state index is 6.23. The summed E-state index contributed by atoms with van der Waals surface area (Å²) in [6, 6.07) is 2.71. The van der Waals surface area contributed by atoms with E-state index in [9.17, 15) is 0 Å². The first-order valence-corrected chi connectivity index (χ1v) is 9.19. The average Bonchev–Trinajstić information content (AvgIpc) is 2.99. The van der Waals surface area contributed by atoms with Gasteiger partial charge in [0.1, 0.15) is 17.0 Å². The Kier molecular flexibility index (Phi) is 2.80. The van der Waals surface area contributed by atoms with Crippen LogP contribution in [0.5, 0.6) is 0 Å². The summed E-state index contributed by atoms with van der Waals surface area (Å²) in [6.45, 7) is 3.10. The molecule has 4 atom stereocenters. The van der Waals surface area contributed by atoms with Crippen LogP contribution in [0.4, 0.5) is 5.82 Å². The number of aromatic nitrogens is 2. The first kappa shape index (κ1) is 13.3. The first-order chi connectivity index (χ1) is 10.8. The van der Waals surface area contributed by atoms with Crippen LogP contribution in [0.3, 0.4) is 0 Å². The van der Waals surface area contributed by atoms with Crippen LogP contribution in [-0.4, -0.2) is 28.2 Å². The summed E-state index contributed by atoms with van der Waals surface area (Å²) in [5.41, 5.74) is 0.201. The van der Waals surface area contributed by atoms with Crippen LogP contribution in [-0.2, 0) is 4.74 Å². The van der Waals surface area contributed by atoms with Crippen LogP contribution in [0, 0.1) is 18.8 Å². The number of hydrogen-bond donors (Lipinski definition) is 1. The summed E-state index contributed by atoms with van der Waals surface area (Å²) >= 11 is 1.74. The molecule has 1 N–H and O–H groups in total. The number of nitrogens with zero attached hydrogens (tertiary/aromatic N) is 2. The fourth-order valence-corrected chi connectivity index (χ4v) is 5.88. The molecule has 116 valence electrons. The SMILES string of the molecule is Cc1cc2c(NC3CCCC45OCCC4CC35)ncnc2s1. The van der Waals surface area contributed by atoms with Crippen molar-refractivity contribution >= 4 is 27.4 Å². The lowest BCUT2D eigenvalue weighted by molar-refractivity contribution is -0.160. The van der Waals surface area contributed by atoms with E-state index in [2.05, 4.69) is 28.3 Å². The Morgan fingerprint density at radius 3 is 3.23 bits per heavy atom. The molecule has 3 aliphatic rings. The summed E-state index contributed by atoms with van der Waals surface area (Å²) in [4.78, 5) is 11.3. The number of rotatable bonds is 2. The van der Waals surface area contributed by atoms with Gasteiger partial charge in [-0.3, -0.25) is 0 Å². The molecule has 3 heterocycles. The van der Waals surface area contributed by atoms with Gasteiger partial charge in [-0.2, -0.15) is 0 Å². The average molecular weight is 315 g/mol.